The topological polar surface area (TPSA) is 88.4 Å². The fourth-order valence-corrected chi connectivity index (χ4v) is 10.3. The summed E-state index contributed by atoms with van der Waals surface area (Å²) in [5.41, 5.74) is 1.23. The van der Waals surface area contributed by atoms with E-state index in [-0.39, 0.29) is 75.5 Å². The van der Waals surface area contributed by atoms with Crippen LogP contribution in [0.25, 0.3) is 0 Å². The predicted molar refractivity (Wildman–Crippen MR) is 235 cm³/mol. The molecule has 0 heterocycles. The molecule has 6 rings (SSSR count). The molecule has 0 amide bonds. The standard InChI is InChI=1S/C43H42O6S3.12FH.2Sb.H/c1-32-2-14-38(15-3-32)51(39-16-4-33(5-17-39)47-29-26-44)42-22-10-36(11-23-42)50-37-12-24-43(25-13-37)52(40-18-6-34(7-19-40)48-30-27-45)41-20-8-35(9-21-41)49-31-28-46;;;;;;;;;;;;;;;/h2-25,44-46H,26-31H2,1H3;12*1H;;;/q+2;;;;;;;;;;;;;+4;+5;/p-11. The molecular formula is C43H44F12O6S3Sb2. The van der Waals surface area contributed by atoms with Crippen molar-refractivity contribution < 1.29 is 69.0 Å². The van der Waals surface area contributed by atoms with Gasteiger partial charge in [0.2, 0.25) is 0 Å². The summed E-state index contributed by atoms with van der Waals surface area (Å²) in [6, 6.07) is 50.7. The third-order valence-electron chi connectivity index (χ3n) is 7.87. The van der Waals surface area contributed by atoms with Gasteiger partial charge in [-0.15, -0.1) is 0 Å². The summed E-state index contributed by atoms with van der Waals surface area (Å²) in [4.78, 5) is 9.47. The monoisotopic (exact) mass is 1220 g/mol. The number of rotatable bonds is 17. The third-order valence-corrected chi connectivity index (χ3v) is 13.3. The molecule has 0 aliphatic rings. The van der Waals surface area contributed by atoms with Crippen LogP contribution in [-0.2, 0) is 21.8 Å². The van der Waals surface area contributed by atoms with Crippen molar-refractivity contribution in [3.63, 3.8) is 0 Å². The molecule has 1 atom stereocenters. The van der Waals surface area contributed by atoms with Crippen LogP contribution < -0.4 is 23.6 Å². The summed E-state index contributed by atoms with van der Waals surface area (Å²) < 4.78 is 106. The maximum absolute atomic E-state index is 9.91. The quantitative estimate of drug-likeness (QED) is 0.0645. The Kier molecular flexibility index (Phi) is 26.3. The van der Waals surface area contributed by atoms with Gasteiger partial charge in [-0.2, -0.15) is 0 Å². The predicted octanol–water partition coefficient (Wildman–Crippen LogP) is 5.36. The molecule has 0 fully saturated rings. The molecule has 0 aromatic heterocycles. The number of hydrogen-bond acceptors (Lipinski definition) is 7. The van der Waals surface area contributed by atoms with Gasteiger partial charge in [-0.05, 0) is 140 Å². The fraction of sp³-hybridized carbons (Fsp3) is 0.163. The van der Waals surface area contributed by atoms with Gasteiger partial charge in [-0.1, -0.05) is 29.5 Å². The molecule has 23 heteroatoms. The van der Waals surface area contributed by atoms with E-state index in [1.54, 1.807) is 11.8 Å². The van der Waals surface area contributed by atoms with Gasteiger partial charge in [0.15, 0.2) is 29.4 Å². The minimum atomic E-state index is -9.19. The third kappa shape index (κ3) is 23.0. The molecule has 0 bridgehead atoms. The Balaban J connectivity index is 0.00000139. The number of ether oxygens (including phenoxy) is 3. The van der Waals surface area contributed by atoms with Crippen LogP contribution in [0.2, 0.25) is 0 Å². The van der Waals surface area contributed by atoms with Crippen molar-refractivity contribution in [2.45, 2.75) is 46.1 Å². The van der Waals surface area contributed by atoms with E-state index < -0.39 is 41.4 Å². The van der Waals surface area contributed by atoms with Crippen LogP contribution in [-0.4, -0.2) is 96.4 Å². The normalized spacial score (nSPS) is 12.1. The van der Waals surface area contributed by atoms with Crippen molar-refractivity contribution in [3.05, 3.63) is 151 Å². The van der Waals surface area contributed by atoms with Crippen LogP contribution in [0, 0.1) is 6.92 Å². The van der Waals surface area contributed by atoms with Crippen molar-refractivity contribution in [3.8, 4) is 17.2 Å². The van der Waals surface area contributed by atoms with E-state index in [9.17, 15) is 25.3 Å². The first-order valence-electron chi connectivity index (χ1n) is 18.6. The van der Waals surface area contributed by atoms with Gasteiger partial charge in [0.25, 0.3) is 0 Å². The Labute approximate surface area is 395 Å². The molecule has 0 spiro atoms. The summed E-state index contributed by atoms with van der Waals surface area (Å²) in [7, 11) is -0.679. The van der Waals surface area contributed by atoms with Crippen LogP contribution in [0.4, 0.5) is 30.0 Å². The molecule has 3 N–H and O–H groups in total. The van der Waals surface area contributed by atoms with Gasteiger partial charge in [-0.25, -0.2) is 0 Å². The van der Waals surface area contributed by atoms with E-state index in [1.807, 2.05) is 36.4 Å². The molecule has 0 radical (unpaired) electrons. The molecule has 0 aliphatic heterocycles. The number of aliphatic hydroxyl groups excluding tert-OH is 3. The van der Waals surface area contributed by atoms with E-state index in [1.165, 1.54) is 25.1 Å². The molecule has 6 aromatic carbocycles. The molecule has 1 unspecified atom stereocenters. The summed E-state index contributed by atoms with van der Waals surface area (Å²) in [6.07, 6.45) is 0. The first-order chi connectivity index (χ1) is 29.8. The van der Waals surface area contributed by atoms with Crippen molar-refractivity contribution in [1.82, 2.24) is 0 Å². The Morgan fingerprint density at radius 3 is 0.848 bits per heavy atom. The first-order valence-corrected chi connectivity index (χ1v) is 31.0. The van der Waals surface area contributed by atoms with Crippen LogP contribution >= 0.6 is 11.8 Å². The van der Waals surface area contributed by atoms with Gasteiger partial charge < -0.3 is 38.9 Å². The van der Waals surface area contributed by atoms with Crippen molar-refractivity contribution in [2.24, 2.45) is 0 Å². The van der Waals surface area contributed by atoms with Gasteiger partial charge in [0.05, 0.1) is 41.6 Å². The Bertz CT molecular complexity index is 2190. The zero-order chi connectivity index (χ0) is 46.1. The molecular weight excluding hydrogens is 1180 g/mol. The average Bonchev–Trinajstić information content (AvgIpc) is 3.23. The Morgan fingerprint density at radius 2 is 0.636 bits per heavy atom. The summed E-state index contributed by atoms with van der Waals surface area (Å²) in [5.74, 6) is 2.19. The number of aliphatic hydroxyl groups is 3. The van der Waals surface area contributed by atoms with E-state index in [0.717, 1.165) is 36.8 Å². The molecule has 0 saturated heterocycles. The van der Waals surface area contributed by atoms with Gasteiger partial charge in [0.1, 0.15) is 37.1 Å². The van der Waals surface area contributed by atoms with E-state index in [4.69, 9.17) is 29.5 Å². The second-order valence-electron chi connectivity index (χ2n) is 12.7. The molecule has 6 nitrogen and oxygen atoms in total. The van der Waals surface area contributed by atoms with Crippen LogP contribution in [0.3, 0.4) is 0 Å². The number of halogens is 12. The minimum absolute atomic E-state index is 0. The van der Waals surface area contributed by atoms with Gasteiger partial charge >= 0.3 is 66.7 Å². The van der Waals surface area contributed by atoms with Crippen LogP contribution in [0.1, 0.15) is 5.56 Å². The number of benzene rings is 6. The molecule has 0 aliphatic carbocycles. The Morgan fingerprint density at radius 1 is 0.439 bits per heavy atom. The zero-order valence-electron chi connectivity index (χ0n) is 34.4. The fourth-order valence-electron chi connectivity index (χ4n) is 5.42. The van der Waals surface area contributed by atoms with Crippen molar-refractivity contribution >= 4 is 75.0 Å². The number of aryl methyl sites for hydroxylation is 1. The summed E-state index contributed by atoms with van der Waals surface area (Å²) >= 11 is -14.6. The van der Waals surface area contributed by atoms with Crippen LogP contribution in [0.5, 0.6) is 17.2 Å². The van der Waals surface area contributed by atoms with Crippen molar-refractivity contribution in [1.29, 1.82) is 0 Å². The maximum atomic E-state index is 9.91. The molecule has 364 valence electrons. The SMILES string of the molecule is Cc1ccc([S+](c2ccc(OCCO)cc2)c2ccc(Sc3ccc([S+](c4ccc(OCCO)cc4)c4ccc(OCCO)cc4)cc3)cc2)cc1.F.[F-].[F-].[F][SbH]([F])([F])[F].[F][Sb]([F])([F])([F])[F]. The number of hydrogen-bond donors (Lipinski definition) is 3. The second kappa shape index (κ2) is 28.7. The molecule has 0 saturated carbocycles. The summed E-state index contributed by atoms with van der Waals surface area (Å²) in [5, 5.41) is 27.5. The van der Waals surface area contributed by atoms with E-state index >= 15 is 0 Å². The van der Waals surface area contributed by atoms with Crippen molar-refractivity contribution in [2.75, 3.05) is 39.6 Å². The van der Waals surface area contributed by atoms with Crippen LogP contribution in [0.15, 0.2) is 185 Å². The Hall–Kier alpha value is -3.55. The van der Waals surface area contributed by atoms with Gasteiger partial charge in [0, 0.05) is 9.79 Å². The van der Waals surface area contributed by atoms with Gasteiger partial charge in [-0.3, -0.25) is 4.70 Å². The summed E-state index contributed by atoms with van der Waals surface area (Å²) in [6.45, 7) is 2.82. The second-order valence-corrected chi connectivity index (χ2v) is 24.0. The zero-order valence-corrected chi connectivity index (χ0v) is 42.3. The van der Waals surface area contributed by atoms with E-state index in [2.05, 4.69) is 116 Å². The molecule has 66 heavy (non-hydrogen) atoms. The average molecular weight is 1220 g/mol. The molecule has 6 aromatic rings. The first kappa shape index (κ1) is 60.5. The van der Waals surface area contributed by atoms with E-state index in [0.29, 0.717) is 0 Å².